The summed E-state index contributed by atoms with van der Waals surface area (Å²) in [5.41, 5.74) is 0. The van der Waals surface area contributed by atoms with Gasteiger partial charge in [-0.1, -0.05) is 0 Å². The van der Waals surface area contributed by atoms with Crippen molar-refractivity contribution in [3.05, 3.63) is 0 Å². The molecule has 0 radical (unpaired) electrons. The van der Waals surface area contributed by atoms with E-state index in [1.54, 1.807) is 0 Å². The fourth-order valence-corrected chi connectivity index (χ4v) is 0.844. The van der Waals surface area contributed by atoms with Crippen LogP contribution in [0.3, 0.4) is 0 Å². The highest BCUT2D eigenvalue weighted by molar-refractivity contribution is 5.84. The Morgan fingerprint density at radius 3 is 2.00 bits per heavy atom. The van der Waals surface area contributed by atoms with Crippen LogP contribution >= 0.6 is 0 Å². The van der Waals surface area contributed by atoms with E-state index in [2.05, 4.69) is 0 Å². The summed E-state index contributed by atoms with van der Waals surface area (Å²) in [7, 11) is 0. The first kappa shape index (κ1) is 14.1. The Morgan fingerprint density at radius 2 is 1.73 bits per heavy atom. The Hall–Kier alpha value is -0.920. The number of rotatable bonds is 4. The van der Waals surface area contributed by atoms with Crippen molar-refractivity contribution < 1.29 is 31.9 Å². The third-order valence-corrected chi connectivity index (χ3v) is 1.66. The van der Waals surface area contributed by atoms with Crippen molar-refractivity contribution in [2.75, 3.05) is 19.7 Å². The van der Waals surface area contributed by atoms with Crippen LogP contribution < -0.4 is 0 Å². The number of hydrogen-bond donors (Lipinski definition) is 1. The van der Waals surface area contributed by atoms with E-state index in [1.165, 1.54) is 6.92 Å². The van der Waals surface area contributed by atoms with Crippen molar-refractivity contribution in [3.8, 4) is 0 Å². The lowest BCUT2D eigenvalue weighted by Gasteiger charge is -2.26. The van der Waals surface area contributed by atoms with E-state index in [4.69, 9.17) is 5.11 Å². The van der Waals surface area contributed by atoms with Crippen LogP contribution in [-0.2, 0) is 4.79 Å². The topological polar surface area (TPSA) is 40.5 Å². The van der Waals surface area contributed by atoms with Crippen molar-refractivity contribution in [3.63, 3.8) is 0 Å². The minimum atomic E-state index is -5.91. The molecule has 0 aliphatic carbocycles. The van der Waals surface area contributed by atoms with Gasteiger partial charge in [-0.25, -0.2) is 0 Å². The van der Waals surface area contributed by atoms with Gasteiger partial charge in [0.2, 0.25) is 0 Å². The average Bonchev–Trinajstić information content (AvgIpc) is 2.11. The predicted molar refractivity (Wildman–Crippen MR) is 40.3 cm³/mol. The number of amides is 1. The lowest BCUT2D eigenvalue weighted by molar-refractivity contribution is -0.274. The predicted octanol–water partition coefficient (Wildman–Crippen LogP) is 1.02. The van der Waals surface area contributed by atoms with Gasteiger partial charge in [0.25, 0.3) is 0 Å². The third kappa shape index (κ3) is 3.01. The van der Waals surface area contributed by atoms with Crippen LogP contribution in [0.25, 0.3) is 0 Å². The zero-order chi connectivity index (χ0) is 12.3. The van der Waals surface area contributed by atoms with Gasteiger partial charge in [0.1, 0.15) is 0 Å². The maximum atomic E-state index is 12.5. The number of alkyl halides is 5. The van der Waals surface area contributed by atoms with Crippen molar-refractivity contribution in [1.29, 1.82) is 0 Å². The van der Waals surface area contributed by atoms with Gasteiger partial charge in [0, 0.05) is 13.1 Å². The number of aliphatic hydroxyl groups excluding tert-OH is 1. The van der Waals surface area contributed by atoms with Crippen molar-refractivity contribution >= 4 is 5.91 Å². The highest BCUT2D eigenvalue weighted by Gasteiger charge is 2.64. The first-order valence-electron chi connectivity index (χ1n) is 4.03. The molecule has 15 heavy (non-hydrogen) atoms. The van der Waals surface area contributed by atoms with Gasteiger partial charge >= 0.3 is 18.0 Å². The summed E-state index contributed by atoms with van der Waals surface area (Å²) in [5, 5.41) is 8.37. The number of halogens is 5. The Kier molecular flexibility index (Phi) is 4.44. The van der Waals surface area contributed by atoms with E-state index in [0.29, 0.717) is 0 Å². The maximum absolute atomic E-state index is 12.5. The molecular weight excluding hydrogens is 225 g/mol. The van der Waals surface area contributed by atoms with E-state index in [0.717, 1.165) is 0 Å². The molecule has 0 atom stereocenters. The summed E-state index contributed by atoms with van der Waals surface area (Å²) in [6.45, 7) is -0.320. The monoisotopic (exact) mass is 235 g/mol. The fraction of sp³-hybridized carbons (Fsp3) is 0.857. The molecule has 0 saturated carbocycles. The first-order valence-corrected chi connectivity index (χ1v) is 4.03. The van der Waals surface area contributed by atoms with Gasteiger partial charge in [-0.3, -0.25) is 4.79 Å². The molecule has 0 aromatic rings. The van der Waals surface area contributed by atoms with E-state index < -0.39 is 31.2 Å². The van der Waals surface area contributed by atoms with Crippen LogP contribution in [0.5, 0.6) is 0 Å². The standard InChI is InChI=1S/C7H10F5NO2/c1-2-13(3-4-14)5(15)6(8,9)7(10,11)12/h14H,2-4H2,1H3. The number of nitrogens with zero attached hydrogens (tertiary/aromatic N) is 1. The quantitative estimate of drug-likeness (QED) is 0.739. The minimum Gasteiger partial charge on any atom is -0.395 e. The van der Waals surface area contributed by atoms with Crippen LogP contribution in [0.4, 0.5) is 22.0 Å². The van der Waals surface area contributed by atoms with Gasteiger partial charge in [-0.15, -0.1) is 0 Å². The molecule has 0 saturated heterocycles. The number of carbonyl (C=O) groups excluding carboxylic acids is 1. The third-order valence-electron chi connectivity index (χ3n) is 1.66. The summed E-state index contributed by atoms with van der Waals surface area (Å²) >= 11 is 0. The maximum Gasteiger partial charge on any atom is 0.463 e. The van der Waals surface area contributed by atoms with Crippen LogP contribution in [0, 0.1) is 0 Å². The van der Waals surface area contributed by atoms with Crippen LogP contribution in [0.2, 0.25) is 0 Å². The van der Waals surface area contributed by atoms with Gasteiger partial charge in [-0.2, -0.15) is 22.0 Å². The molecule has 0 aromatic carbocycles. The lowest BCUT2D eigenvalue weighted by atomic mass is 10.2. The van der Waals surface area contributed by atoms with Gasteiger partial charge in [0.15, 0.2) is 0 Å². The Labute approximate surface area is 82.5 Å². The smallest absolute Gasteiger partial charge is 0.395 e. The molecule has 3 nitrogen and oxygen atoms in total. The zero-order valence-electron chi connectivity index (χ0n) is 7.81. The molecule has 1 N–H and O–H groups in total. The van der Waals surface area contributed by atoms with Crippen molar-refractivity contribution in [2.24, 2.45) is 0 Å². The molecule has 1 amide bonds. The molecular formula is C7H10F5NO2. The Morgan fingerprint density at radius 1 is 1.27 bits per heavy atom. The molecule has 0 unspecified atom stereocenters. The van der Waals surface area contributed by atoms with E-state index in [1.807, 2.05) is 0 Å². The Bertz CT molecular complexity index is 228. The summed E-state index contributed by atoms with van der Waals surface area (Å²) in [6, 6.07) is 0. The van der Waals surface area contributed by atoms with Gasteiger partial charge < -0.3 is 10.0 Å². The van der Waals surface area contributed by atoms with Gasteiger partial charge in [0.05, 0.1) is 6.61 Å². The second-order valence-corrected chi connectivity index (χ2v) is 2.68. The van der Waals surface area contributed by atoms with Crippen LogP contribution in [-0.4, -0.2) is 47.7 Å². The minimum absolute atomic E-state index is 0.244. The van der Waals surface area contributed by atoms with Gasteiger partial charge in [-0.05, 0) is 6.92 Å². The molecule has 90 valence electrons. The van der Waals surface area contributed by atoms with E-state index >= 15 is 0 Å². The fourth-order valence-electron chi connectivity index (χ4n) is 0.844. The summed E-state index contributed by atoms with van der Waals surface area (Å²) < 4.78 is 60.3. The molecule has 0 bridgehead atoms. The molecule has 8 heteroatoms. The zero-order valence-corrected chi connectivity index (χ0v) is 7.81. The normalized spacial score (nSPS) is 12.7. The SMILES string of the molecule is CCN(CCO)C(=O)C(F)(F)C(F)(F)F. The largest absolute Gasteiger partial charge is 0.463 e. The highest BCUT2D eigenvalue weighted by Crippen LogP contribution is 2.36. The van der Waals surface area contributed by atoms with Crippen molar-refractivity contribution in [2.45, 2.75) is 19.0 Å². The molecule has 0 aromatic heterocycles. The Balaban J connectivity index is 4.81. The summed E-state index contributed by atoms with van der Waals surface area (Å²) in [5.74, 6) is -7.75. The number of hydrogen-bond acceptors (Lipinski definition) is 2. The molecule has 0 heterocycles. The molecule has 0 spiro atoms. The molecule has 0 aliphatic heterocycles. The number of carbonyl (C=O) groups is 1. The van der Waals surface area contributed by atoms with E-state index in [-0.39, 0.29) is 11.4 Å². The van der Waals surface area contributed by atoms with Crippen molar-refractivity contribution in [1.82, 2.24) is 4.90 Å². The highest BCUT2D eigenvalue weighted by atomic mass is 19.4. The lowest BCUT2D eigenvalue weighted by Crippen LogP contribution is -2.52. The van der Waals surface area contributed by atoms with Crippen LogP contribution in [0.1, 0.15) is 6.92 Å². The number of aliphatic hydroxyl groups is 1. The van der Waals surface area contributed by atoms with E-state index in [9.17, 15) is 26.7 Å². The summed E-state index contributed by atoms with van der Waals surface area (Å²) in [6.07, 6.45) is -5.91. The van der Waals surface area contributed by atoms with Crippen LogP contribution in [0.15, 0.2) is 0 Å². The second kappa shape index (κ2) is 4.73. The molecule has 0 aliphatic rings. The summed E-state index contributed by atoms with van der Waals surface area (Å²) in [4.78, 5) is 11.0. The molecule has 0 fully saturated rings. The molecule has 0 rings (SSSR count). The average molecular weight is 235 g/mol. The first-order chi connectivity index (χ1) is 6.68. The number of likely N-dealkylation sites (N-methyl/N-ethyl adjacent to an activating group) is 1. The second-order valence-electron chi connectivity index (χ2n) is 2.68.